The molecule has 1 aliphatic carbocycles. The third kappa shape index (κ3) is 2.62. The molecule has 98 valence electrons. The van der Waals surface area contributed by atoms with Gasteiger partial charge in [0.2, 0.25) is 0 Å². The third-order valence-electron chi connectivity index (χ3n) is 3.81. The number of benzene rings is 1. The average molecular weight is 270 g/mol. The molecule has 3 rings (SSSR count). The van der Waals surface area contributed by atoms with Crippen molar-refractivity contribution in [3.05, 3.63) is 29.0 Å². The first-order valence-electron chi connectivity index (χ1n) is 6.56. The minimum Gasteiger partial charge on any atom is -0.488 e. The van der Waals surface area contributed by atoms with Crippen molar-refractivity contribution in [2.75, 3.05) is 13.1 Å². The summed E-state index contributed by atoms with van der Waals surface area (Å²) in [6.07, 6.45) is 3.85. The maximum atomic E-state index is 13.0. The molecule has 2 fully saturated rings. The summed E-state index contributed by atoms with van der Waals surface area (Å²) in [5.74, 6) is 1.49. The van der Waals surface area contributed by atoms with Crippen LogP contribution in [0.15, 0.2) is 18.2 Å². The highest BCUT2D eigenvalue weighted by molar-refractivity contribution is 6.32. The summed E-state index contributed by atoms with van der Waals surface area (Å²) in [5, 5.41) is 3.74. The minimum absolute atomic E-state index is 0.225. The Morgan fingerprint density at radius 3 is 2.72 bits per heavy atom. The molecule has 1 aliphatic heterocycles. The first-order valence-corrected chi connectivity index (χ1v) is 6.94. The summed E-state index contributed by atoms with van der Waals surface area (Å²) < 4.78 is 19.1. The normalized spacial score (nSPS) is 25.1. The van der Waals surface area contributed by atoms with Crippen LogP contribution in [0, 0.1) is 17.7 Å². The lowest BCUT2D eigenvalue weighted by Gasteiger charge is -2.24. The molecular weight excluding hydrogens is 253 g/mol. The molecular formula is C14H17ClFNO. The lowest BCUT2D eigenvalue weighted by Crippen LogP contribution is -2.30. The van der Waals surface area contributed by atoms with Gasteiger partial charge in [-0.3, -0.25) is 0 Å². The number of ether oxygens (including phenoxy) is 1. The van der Waals surface area contributed by atoms with Crippen LogP contribution < -0.4 is 10.1 Å². The van der Waals surface area contributed by atoms with Gasteiger partial charge < -0.3 is 10.1 Å². The summed E-state index contributed by atoms with van der Waals surface area (Å²) in [4.78, 5) is 0. The Balaban J connectivity index is 1.75. The Morgan fingerprint density at radius 2 is 2.11 bits per heavy atom. The molecule has 0 bridgehead atoms. The second kappa shape index (κ2) is 5.06. The number of rotatable bonds is 4. The van der Waals surface area contributed by atoms with Gasteiger partial charge in [-0.1, -0.05) is 11.6 Å². The van der Waals surface area contributed by atoms with E-state index >= 15 is 0 Å². The lowest BCUT2D eigenvalue weighted by molar-refractivity contribution is 0.121. The van der Waals surface area contributed by atoms with Crippen molar-refractivity contribution >= 4 is 11.6 Å². The third-order valence-corrected chi connectivity index (χ3v) is 4.10. The number of nitrogens with one attached hydrogen (secondary N) is 1. The SMILES string of the molecule is Fc1ccc(O[C@@H](C2CC2)[C@H]2CCNC2)c(Cl)c1. The Bertz CT molecular complexity index is 430. The van der Waals surface area contributed by atoms with Crippen LogP contribution in [0.3, 0.4) is 0 Å². The summed E-state index contributed by atoms with van der Waals surface area (Å²) in [6, 6.07) is 4.35. The molecule has 1 heterocycles. The fourth-order valence-corrected chi connectivity index (χ4v) is 2.89. The van der Waals surface area contributed by atoms with Crippen molar-refractivity contribution < 1.29 is 9.13 Å². The van der Waals surface area contributed by atoms with Crippen molar-refractivity contribution in [2.24, 2.45) is 11.8 Å². The van der Waals surface area contributed by atoms with Gasteiger partial charge in [0.25, 0.3) is 0 Å². The zero-order valence-electron chi connectivity index (χ0n) is 10.2. The molecule has 0 amide bonds. The molecule has 0 radical (unpaired) electrons. The zero-order valence-corrected chi connectivity index (χ0v) is 10.9. The summed E-state index contributed by atoms with van der Waals surface area (Å²) in [7, 11) is 0. The summed E-state index contributed by atoms with van der Waals surface area (Å²) in [5.41, 5.74) is 0. The molecule has 2 atom stereocenters. The highest BCUT2D eigenvalue weighted by Crippen LogP contribution is 2.40. The van der Waals surface area contributed by atoms with Crippen molar-refractivity contribution in [2.45, 2.75) is 25.4 Å². The van der Waals surface area contributed by atoms with Crippen LogP contribution in [0.5, 0.6) is 5.75 Å². The first-order chi connectivity index (χ1) is 8.74. The largest absolute Gasteiger partial charge is 0.488 e. The molecule has 1 N–H and O–H groups in total. The van der Waals surface area contributed by atoms with Gasteiger partial charge >= 0.3 is 0 Å². The van der Waals surface area contributed by atoms with Crippen LogP contribution in [-0.2, 0) is 0 Å². The Kier molecular flexibility index (Phi) is 3.44. The summed E-state index contributed by atoms with van der Waals surface area (Å²) in [6.45, 7) is 2.08. The maximum Gasteiger partial charge on any atom is 0.138 e. The number of hydrogen-bond donors (Lipinski definition) is 1. The van der Waals surface area contributed by atoms with Gasteiger partial charge in [-0.2, -0.15) is 0 Å². The quantitative estimate of drug-likeness (QED) is 0.906. The van der Waals surface area contributed by atoms with Crippen molar-refractivity contribution in [1.82, 2.24) is 5.32 Å². The molecule has 18 heavy (non-hydrogen) atoms. The Hall–Kier alpha value is -0.800. The highest BCUT2D eigenvalue weighted by atomic mass is 35.5. The fraction of sp³-hybridized carbons (Fsp3) is 0.571. The highest BCUT2D eigenvalue weighted by Gasteiger charge is 2.39. The predicted molar refractivity (Wildman–Crippen MR) is 69.5 cm³/mol. The van der Waals surface area contributed by atoms with E-state index < -0.39 is 0 Å². The van der Waals surface area contributed by atoms with E-state index in [-0.39, 0.29) is 11.9 Å². The standard InChI is InChI=1S/C14H17ClFNO/c15-12-7-11(16)3-4-13(12)18-14(9-1-2-9)10-5-6-17-8-10/h3-4,7,9-10,14,17H,1-2,5-6,8H2/t10-,14-/m0/s1. The van der Waals surface area contributed by atoms with Gasteiger partial charge in [0.1, 0.15) is 17.7 Å². The van der Waals surface area contributed by atoms with E-state index in [1.807, 2.05) is 0 Å². The molecule has 1 saturated heterocycles. The number of hydrogen-bond acceptors (Lipinski definition) is 2. The predicted octanol–water partition coefficient (Wildman–Crippen LogP) is 3.25. The Morgan fingerprint density at radius 1 is 1.28 bits per heavy atom. The van der Waals surface area contributed by atoms with E-state index in [0.29, 0.717) is 22.6 Å². The molecule has 1 saturated carbocycles. The van der Waals surface area contributed by atoms with Crippen LogP contribution in [0.4, 0.5) is 4.39 Å². The summed E-state index contributed by atoms with van der Waals surface area (Å²) >= 11 is 6.02. The van der Waals surface area contributed by atoms with Gasteiger partial charge in [-0.15, -0.1) is 0 Å². The minimum atomic E-state index is -0.321. The van der Waals surface area contributed by atoms with Crippen LogP contribution in [0.2, 0.25) is 5.02 Å². The van der Waals surface area contributed by atoms with E-state index in [1.165, 1.54) is 25.0 Å². The molecule has 0 unspecified atom stereocenters. The van der Waals surface area contributed by atoms with E-state index in [4.69, 9.17) is 16.3 Å². The van der Waals surface area contributed by atoms with Gasteiger partial charge in [-0.05, 0) is 49.9 Å². The topological polar surface area (TPSA) is 21.3 Å². The van der Waals surface area contributed by atoms with Crippen LogP contribution in [-0.4, -0.2) is 19.2 Å². The smallest absolute Gasteiger partial charge is 0.138 e. The van der Waals surface area contributed by atoms with Gasteiger partial charge in [0.05, 0.1) is 5.02 Å². The second-order valence-corrected chi connectivity index (χ2v) is 5.65. The molecule has 1 aromatic rings. The monoisotopic (exact) mass is 269 g/mol. The van der Waals surface area contributed by atoms with Crippen molar-refractivity contribution in [3.8, 4) is 5.75 Å². The van der Waals surface area contributed by atoms with Crippen LogP contribution in [0.25, 0.3) is 0 Å². The fourth-order valence-electron chi connectivity index (χ4n) is 2.68. The molecule has 2 nitrogen and oxygen atoms in total. The van der Waals surface area contributed by atoms with E-state index in [0.717, 1.165) is 19.5 Å². The van der Waals surface area contributed by atoms with Gasteiger partial charge in [0, 0.05) is 12.5 Å². The molecule has 4 heteroatoms. The van der Waals surface area contributed by atoms with Crippen molar-refractivity contribution in [1.29, 1.82) is 0 Å². The van der Waals surface area contributed by atoms with E-state index in [9.17, 15) is 4.39 Å². The van der Waals surface area contributed by atoms with E-state index in [1.54, 1.807) is 6.07 Å². The van der Waals surface area contributed by atoms with Crippen LogP contribution in [0.1, 0.15) is 19.3 Å². The first kappa shape index (κ1) is 12.2. The van der Waals surface area contributed by atoms with E-state index in [2.05, 4.69) is 5.32 Å². The number of halogens is 2. The molecule has 0 spiro atoms. The van der Waals surface area contributed by atoms with Gasteiger partial charge in [-0.25, -0.2) is 4.39 Å². The Labute approximate surface area is 111 Å². The average Bonchev–Trinajstić information content (AvgIpc) is 3.03. The zero-order chi connectivity index (χ0) is 12.5. The second-order valence-electron chi connectivity index (χ2n) is 5.25. The maximum absolute atomic E-state index is 13.0. The van der Waals surface area contributed by atoms with Gasteiger partial charge in [0.15, 0.2) is 0 Å². The van der Waals surface area contributed by atoms with Crippen molar-refractivity contribution in [3.63, 3.8) is 0 Å². The molecule has 1 aromatic carbocycles. The molecule has 0 aromatic heterocycles. The molecule has 2 aliphatic rings. The lowest BCUT2D eigenvalue weighted by atomic mass is 9.97. The van der Waals surface area contributed by atoms with Crippen LogP contribution >= 0.6 is 11.6 Å².